The number of nitro groups is 1. The number of rotatable bonds is 3. The van der Waals surface area contributed by atoms with Crippen molar-refractivity contribution in [3.63, 3.8) is 0 Å². The second-order valence-electron chi connectivity index (χ2n) is 5.10. The molecule has 0 spiro atoms. The summed E-state index contributed by atoms with van der Waals surface area (Å²) >= 11 is 24.1. The molecule has 2 aromatic carbocycles. The van der Waals surface area contributed by atoms with Crippen molar-refractivity contribution in [1.29, 1.82) is 0 Å². The van der Waals surface area contributed by atoms with Crippen LogP contribution in [0, 0.1) is 10.1 Å². The Kier molecular flexibility index (Phi) is 5.16. The molecular formula is C17H8Cl4N2O2. The molecule has 0 saturated carbocycles. The normalized spacial score (nSPS) is 10.7. The molecule has 0 fully saturated rings. The summed E-state index contributed by atoms with van der Waals surface area (Å²) in [5.41, 5.74) is 1.48. The third-order valence-corrected chi connectivity index (χ3v) is 4.59. The van der Waals surface area contributed by atoms with Crippen LogP contribution in [0.4, 0.5) is 5.69 Å². The molecule has 126 valence electrons. The average molecular weight is 414 g/mol. The third kappa shape index (κ3) is 3.72. The van der Waals surface area contributed by atoms with Gasteiger partial charge in [0.05, 0.1) is 9.95 Å². The highest BCUT2D eigenvalue weighted by atomic mass is 35.5. The van der Waals surface area contributed by atoms with Crippen LogP contribution in [0.2, 0.25) is 20.1 Å². The zero-order valence-corrected chi connectivity index (χ0v) is 15.4. The van der Waals surface area contributed by atoms with Crippen LogP contribution in [0.3, 0.4) is 0 Å². The fourth-order valence-electron chi connectivity index (χ4n) is 2.35. The molecular weight excluding hydrogens is 406 g/mol. The van der Waals surface area contributed by atoms with Crippen molar-refractivity contribution >= 4 is 52.1 Å². The highest BCUT2D eigenvalue weighted by Crippen LogP contribution is 2.38. The van der Waals surface area contributed by atoms with Crippen LogP contribution in [-0.2, 0) is 0 Å². The topological polar surface area (TPSA) is 56.0 Å². The van der Waals surface area contributed by atoms with Crippen molar-refractivity contribution in [2.24, 2.45) is 0 Å². The van der Waals surface area contributed by atoms with Crippen LogP contribution >= 0.6 is 46.4 Å². The SMILES string of the molecule is O=[N+]([O-])c1cc(-c2ccc(Cl)cc2Cl)cnc1-c1ccc(Cl)cc1Cl. The van der Waals surface area contributed by atoms with E-state index >= 15 is 0 Å². The quantitative estimate of drug-likeness (QED) is 0.345. The lowest BCUT2D eigenvalue weighted by Gasteiger charge is -2.09. The van der Waals surface area contributed by atoms with Gasteiger partial charge in [0.15, 0.2) is 0 Å². The highest BCUT2D eigenvalue weighted by molar-refractivity contribution is 6.37. The van der Waals surface area contributed by atoms with Gasteiger partial charge in [-0.05, 0) is 30.3 Å². The van der Waals surface area contributed by atoms with Crippen molar-refractivity contribution in [2.75, 3.05) is 0 Å². The van der Waals surface area contributed by atoms with Gasteiger partial charge in [0, 0.05) is 44.0 Å². The molecule has 0 unspecified atom stereocenters. The molecule has 0 radical (unpaired) electrons. The Bertz CT molecular complexity index is 992. The average Bonchev–Trinajstić information content (AvgIpc) is 2.54. The van der Waals surface area contributed by atoms with Gasteiger partial charge < -0.3 is 0 Å². The Morgan fingerprint density at radius 2 is 1.40 bits per heavy atom. The molecule has 0 aliphatic rings. The Balaban J connectivity index is 2.18. The molecule has 1 aromatic heterocycles. The van der Waals surface area contributed by atoms with Gasteiger partial charge in [-0.2, -0.15) is 0 Å². The molecule has 0 aliphatic carbocycles. The third-order valence-electron chi connectivity index (χ3n) is 3.49. The molecule has 4 nitrogen and oxygen atoms in total. The number of halogens is 4. The van der Waals surface area contributed by atoms with Gasteiger partial charge in [-0.1, -0.05) is 52.5 Å². The van der Waals surface area contributed by atoms with Gasteiger partial charge in [0.1, 0.15) is 5.69 Å². The number of nitrogens with zero attached hydrogens (tertiary/aromatic N) is 2. The van der Waals surface area contributed by atoms with Crippen molar-refractivity contribution in [3.05, 3.63) is 78.9 Å². The van der Waals surface area contributed by atoms with Crippen LogP contribution in [0.5, 0.6) is 0 Å². The van der Waals surface area contributed by atoms with Gasteiger partial charge in [0.2, 0.25) is 0 Å². The summed E-state index contributed by atoms with van der Waals surface area (Å²) in [6.07, 6.45) is 1.50. The van der Waals surface area contributed by atoms with Gasteiger partial charge in [-0.15, -0.1) is 0 Å². The Morgan fingerprint density at radius 1 is 0.840 bits per heavy atom. The first-order valence-electron chi connectivity index (χ1n) is 6.92. The summed E-state index contributed by atoms with van der Waals surface area (Å²) < 4.78 is 0. The second kappa shape index (κ2) is 7.18. The Morgan fingerprint density at radius 3 is 1.92 bits per heavy atom. The molecule has 0 atom stereocenters. The predicted octanol–water partition coefficient (Wildman–Crippen LogP) is 6.94. The standard InChI is InChI=1S/C17H8Cl4N2O2/c18-10-1-3-12(14(20)6-10)9-5-16(23(24)25)17(22-8-9)13-4-2-11(19)7-15(13)21/h1-8H. The van der Waals surface area contributed by atoms with Crippen molar-refractivity contribution in [3.8, 4) is 22.4 Å². The summed E-state index contributed by atoms with van der Waals surface area (Å²) in [7, 11) is 0. The van der Waals surface area contributed by atoms with E-state index in [9.17, 15) is 10.1 Å². The largest absolute Gasteiger partial charge is 0.296 e. The van der Waals surface area contributed by atoms with E-state index in [1.165, 1.54) is 18.3 Å². The first kappa shape index (κ1) is 18.0. The van der Waals surface area contributed by atoms with Crippen molar-refractivity contribution in [1.82, 2.24) is 4.98 Å². The summed E-state index contributed by atoms with van der Waals surface area (Å²) in [5, 5.41) is 13.1. The maximum Gasteiger partial charge on any atom is 0.296 e. The minimum absolute atomic E-state index is 0.153. The minimum atomic E-state index is -0.513. The monoisotopic (exact) mass is 412 g/mol. The predicted molar refractivity (Wildman–Crippen MR) is 102 cm³/mol. The molecule has 3 aromatic rings. The first-order chi connectivity index (χ1) is 11.9. The van der Waals surface area contributed by atoms with Crippen LogP contribution in [0.1, 0.15) is 0 Å². The molecule has 25 heavy (non-hydrogen) atoms. The second-order valence-corrected chi connectivity index (χ2v) is 6.78. The van der Waals surface area contributed by atoms with E-state index in [1.807, 2.05) is 0 Å². The molecule has 1 heterocycles. The number of hydrogen-bond donors (Lipinski definition) is 0. The molecule has 3 rings (SSSR count). The van der Waals surface area contributed by atoms with Crippen LogP contribution in [0.15, 0.2) is 48.7 Å². The fourth-order valence-corrected chi connectivity index (χ4v) is 3.37. The zero-order valence-electron chi connectivity index (χ0n) is 12.3. The van der Waals surface area contributed by atoms with E-state index in [0.29, 0.717) is 31.8 Å². The van der Waals surface area contributed by atoms with E-state index in [-0.39, 0.29) is 16.4 Å². The molecule has 0 saturated heterocycles. The Labute approximate surface area is 163 Å². The van der Waals surface area contributed by atoms with E-state index in [4.69, 9.17) is 46.4 Å². The smallest absolute Gasteiger partial charge is 0.258 e. The molecule has 0 amide bonds. The zero-order chi connectivity index (χ0) is 18.1. The van der Waals surface area contributed by atoms with Gasteiger partial charge in [-0.3, -0.25) is 10.1 Å². The van der Waals surface area contributed by atoms with Crippen LogP contribution in [-0.4, -0.2) is 9.91 Å². The summed E-state index contributed by atoms with van der Waals surface area (Å²) in [4.78, 5) is 15.3. The summed E-state index contributed by atoms with van der Waals surface area (Å²) in [5.74, 6) is 0. The van der Waals surface area contributed by atoms with Gasteiger partial charge >= 0.3 is 0 Å². The highest BCUT2D eigenvalue weighted by Gasteiger charge is 2.21. The summed E-state index contributed by atoms with van der Waals surface area (Å²) in [6, 6.07) is 11.0. The van der Waals surface area contributed by atoms with Gasteiger partial charge in [-0.25, -0.2) is 4.98 Å². The number of hydrogen-bond acceptors (Lipinski definition) is 3. The van der Waals surface area contributed by atoms with Crippen molar-refractivity contribution < 1.29 is 4.92 Å². The molecule has 0 N–H and O–H groups in total. The van der Waals surface area contributed by atoms with Crippen molar-refractivity contribution in [2.45, 2.75) is 0 Å². The maximum absolute atomic E-state index is 11.5. The van der Waals surface area contributed by atoms with E-state index < -0.39 is 4.92 Å². The minimum Gasteiger partial charge on any atom is -0.258 e. The van der Waals surface area contributed by atoms with Gasteiger partial charge in [0.25, 0.3) is 5.69 Å². The lowest BCUT2D eigenvalue weighted by molar-refractivity contribution is -0.384. The number of benzene rings is 2. The molecule has 8 heteroatoms. The first-order valence-corrected chi connectivity index (χ1v) is 8.43. The van der Waals surface area contributed by atoms with Crippen LogP contribution < -0.4 is 0 Å². The fraction of sp³-hybridized carbons (Fsp3) is 0. The Hall–Kier alpha value is -1.85. The van der Waals surface area contributed by atoms with E-state index in [2.05, 4.69) is 4.98 Å². The summed E-state index contributed by atoms with van der Waals surface area (Å²) in [6.45, 7) is 0. The van der Waals surface area contributed by atoms with Crippen LogP contribution in [0.25, 0.3) is 22.4 Å². The number of aromatic nitrogens is 1. The number of pyridine rings is 1. The molecule has 0 aliphatic heterocycles. The lowest BCUT2D eigenvalue weighted by Crippen LogP contribution is -1.96. The van der Waals surface area contributed by atoms with E-state index in [0.717, 1.165) is 0 Å². The molecule has 0 bridgehead atoms. The van der Waals surface area contributed by atoms with E-state index in [1.54, 1.807) is 30.3 Å². The maximum atomic E-state index is 11.5. The lowest BCUT2D eigenvalue weighted by atomic mass is 10.0.